The molecule has 7 rings (SSSR count). The Labute approximate surface area is 313 Å². The van der Waals surface area contributed by atoms with Gasteiger partial charge in [-0.05, 0) is 73.7 Å². The number of hydrogen-bond acceptors (Lipinski definition) is 9. The first kappa shape index (κ1) is 36.0. The molecular weight excluding hydrogens is 683 g/mol. The lowest BCUT2D eigenvalue weighted by Crippen LogP contribution is -2.30. The molecule has 1 atom stereocenters. The van der Waals surface area contributed by atoms with Gasteiger partial charge < -0.3 is 25.0 Å². The van der Waals surface area contributed by atoms with Crippen LogP contribution in [0.2, 0.25) is 0 Å². The molecule has 4 heterocycles. The minimum absolute atomic E-state index is 0.0512. The van der Waals surface area contributed by atoms with Crippen molar-refractivity contribution in [3.05, 3.63) is 120 Å². The number of likely N-dealkylation sites (tertiary alicyclic amines) is 1. The van der Waals surface area contributed by atoms with Gasteiger partial charge in [0.05, 0.1) is 35.6 Å². The number of carbonyl (C=O) groups excluding carboxylic acids is 2. The van der Waals surface area contributed by atoms with E-state index in [2.05, 4.69) is 37.8 Å². The number of benzene rings is 3. The van der Waals surface area contributed by atoms with Crippen LogP contribution in [0.3, 0.4) is 0 Å². The van der Waals surface area contributed by atoms with Crippen molar-refractivity contribution in [1.82, 2.24) is 29.6 Å². The quantitative estimate of drug-likeness (QED) is 0.109. The number of hydrogen-bond donors (Lipinski definition) is 3. The summed E-state index contributed by atoms with van der Waals surface area (Å²) in [5, 5.41) is 15.7. The van der Waals surface area contributed by atoms with Crippen LogP contribution in [0.15, 0.2) is 97.5 Å². The van der Waals surface area contributed by atoms with Crippen LogP contribution in [0.5, 0.6) is 5.75 Å². The zero-order chi connectivity index (χ0) is 37.4. The van der Waals surface area contributed by atoms with Crippen molar-refractivity contribution in [3.63, 3.8) is 0 Å². The zero-order valence-electron chi connectivity index (χ0n) is 30.6. The minimum atomic E-state index is -0.376. The Morgan fingerprint density at radius 3 is 2.56 bits per heavy atom. The standard InChI is InChI=1S/C41H43N9O4/c1-4-5-10-29-22-39(50(48-29)30-11-8-9-27(2)20-30)47-41(52)45-34-14-15-36(33-13-7-6-12-32(33)34)54-26-28-16-18-42-37(21-28)46-38-24-43-35(23-44-38)40(51)49-19-17-31(25-49)53-3/h6-9,11-16,18,20-24,31H,4-5,10,17,19,25-26H2,1-3H3,(H,42,44,46)(H2,45,47,52). The van der Waals surface area contributed by atoms with Crippen LogP contribution in [0.1, 0.15) is 53.5 Å². The van der Waals surface area contributed by atoms with Crippen LogP contribution in [0.25, 0.3) is 16.5 Å². The SMILES string of the molecule is CCCCc1cc(NC(=O)Nc2ccc(OCc3ccnc(Nc4cnc(C(=O)N5CCC(OC)C5)cn4)c3)c3ccccc23)n(-c2cccc(C)c2)n1. The lowest BCUT2D eigenvalue weighted by molar-refractivity contribution is 0.0718. The molecule has 6 aromatic rings. The number of urea groups is 1. The van der Waals surface area contributed by atoms with E-state index in [-0.39, 0.29) is 30.3 Å². The molecule has 0 spiro atoms. The van der Waals surface area contributed by atoms with Gasteiger partial charge in [-0.3, -0.25) is 10.1 Å². The van der Waals surface area contributed by atoms with E-state index < -0.39 is 0 Å². The zero-order valence-corrected chi connectivity index (χ0v) is 30.6. The normalized spacial score (nSPS) is 13.9. The molecule has 1 saturated heterocycles. The van der Waals surface area contributed by atoms with E-state index in [1.165, 1.54) is 12.4 Å². The summed E-state index contributed by atoms with van der Waals surface area (Å²) in [6, 6.07) is 24.8. The average molecular weight is 726 g/mol. The number of rotatable bonds is 13. The van der Waals surface area contributed by atoms with Crippen LogP contribution >= 0.6 is 0 Å². The Hall–Kier alpha value is -6.34. The highest BCUT2D eigenvalue weighted by Gasteiger charge is 2.27. The van der Waals surface area contributed by atoms with E-state index >= 15 is 0 Å². The fourth-order valence-corrected chi connectivity index (χ4v) is 6.43. The number of nitrogens with one attached hydrogen (secondary N) is 3. The van der Waals surface area contributed by atoms with Crippen molar-refractivity contribution in [1.29, 1.82) is 0 Å². The van der Waals surface area contributed by atoms with Gasteiger partial charge in [0.15, 0.2) is 0 Å². The van der Waals surface area contributed by atoms with E-state index in [9.17, 15) is 9.59 Å². The number of aromatic nitrogens is 5. The van der Waals surface area contributed by atoms with Gasteiger partial charge in [-0.15, -0.1) is 0 Å². The number of amides is 3. The maximum atomic E-state index is 13.4. The van der Waals surface area contributed by atoms with Gasteiger partial charge in [0, 0.05) is 43.2 Å². The van der Waals surface area contributed by atoms with Gasteiger partial charge in [0.2, 0.25) is 0 Å². The summed E-state index contributed by atoms with van der Waals surface area (Å²) in [5.41, 5.74) is 4.71. The van der Waals surface area contributed by atoms with Crippen LogP contribution in [0, 0.1) is 6.92 Å². The molecule has 3 N–H and O–H groups in total. The van der Waals surface area contributed by atoms with E-state index in [1.807, 2.05) is 85.8 Å². The molecule has 13 heteroatoms. The number of ether oxygens (including phenoxy) is 2. The summed E-state index contributed by atoms with van der Waals surface area (Å²) in [4.78, 5) is 41.1. The summed E-state index contributed by atoms with van der Waals surface area (Å²) in [5.74, 6) is 2.12. The Balaban J connectivity index is 1.00. The van der Waals surface area contributed by atoms with Gasteiger partial charge in [0.1, 0.15) is 35.5 Å². The molecule has 0 aliphatic carbocycles. The Bertz CT molecular complexity index is 2260. The molecule has 1 fully saturated rings. The third kappa shape index (κ3) is 8.48. The highest BCUT2D eigenvalue weighted by Crippen LogP contribution is 2.33. The molecule has 3 aromatic heterocycles. The van der Waals surface area contributed by atoms with E-state index in [0.717, 1.165) is 59.0 Å². The van der Waals surface area contributed by atoms with Gasteiger partial charge in [0.25, 0.3) is 5.91 Å². The second-order valence-corrected chi connectivity index (χ2v) is 13.3. The number of anilines is 4. The fraction of sp³-hybridized carbons (Fsp3) is 0.268. The highest BCUT2D eigenvalue weighted by molar-refractivity contribution is 6.07. The summed E-state index contributed by atoms with van der Waals surface area (Å²) < 4.78 is 13.5. The minimum Gasteiger partial charge on any atom is -0.488 e. The topological polar surface area (TPSA) is 148 Å². The van der Waals surface area contributed by atoms with Crippen molar-refractivity contribution in [2.75, 3.05) is 36.1 Å². The Kier molecular flexibility index (Phi) is 11.0. The first-order valence-corrected chi connectivity index (χ1v) is 18.1. The Morgan fingerprint density at radius 2 is 1.78 bits per heavy atom. The van der Waals surface area contributed by atoms with Crippen LogP contribution in [-0.2, 0) is 17.8 Å². The first-order chi connectivity index (χ1) is 26.4. The maximum Gasteiger partial charge on any atom is 0.324 e. The molecule has 276 valence electrons. The molecule has 3 aromatic carbocycles. The molecule has 0 radical (unpaired) electrons. The third-order valence-corrected chi connectivity index (χ3v) is 9.28. The Morgan fingerprint density at radius 1 is 0.907 bits per heavy atom. The fourth-order valence-electron chi connectivity index (χ4n) is 6.43. The molecular formula is C41H43N9O4. The highest BCUT2D eigenvalue weighted by atomic mass is 16.5. The number of pyridine rings is 1. The monoisotopic (exact) mass is 725 g/mol. The second kappa shape index (κ2) is 16.6. The predicted octanol–water partition coefficient (Wildman–Crippen LogP) is 7.69. The smallest absolute Gasteiger partial charge is 0.324 e. The van der Waals surface area contributed by atoms with Gasteiger partial charge >= 0.3 is 6.03 Å². The van der Waals surface area contributed by atoms with Crippen molar-refractivity contribution in [2.45, 2.75) is 52.2 Å². The number of nitrogens with zero attached hydrogens (tertiary/aromatic N) is 6. The van der Waals surface area contributed by atoms with Gasteiger partial charge in [-0.1, -0.05) is 49.7 Å². The molecule has 0 bridgehead atoms. The molecule has 1 aliphatic heterocycles. The van der Waals surface area contributed by atoms with Crippen molar-refractivity contribution >= 4 is 45.9 Å². The van der Waals surface area contributed by atoms with Gasteiger partial charge in [-0.2, -0.15) is 5.10 Å². The summed E-state index contributed by atoms with van der Waals surface area (Å²) in [6.45, 7) is 5.64. The first-order valence-electron chi connectivity index (χ1n) is 18.1. The summed E-state index contributed by atoms with van der Waals surface area (Å²) >= 11 is 0. The van der Waals surface area contributed by atoms with Crippen molar-refractivity contribution in [2.24, 2.45) is 0 Å². The van der Waals surface area contributed by atoms with E-state index in [0.29, 0.717) is 42.0 Å². The number of carbonyl (C=O) groups is 2. The molecule has 13 nitrogen and oxygen atoms in total. The van der Waals surface area contributed by atoms with Crippen LogP contribution < -0.4 is 20.7 Å². The van der Waals surface area contributed by atoms with Crippen LogP contribution in [0.4, 0.5) is 27.9 Å². The summed E-state index contributed by atoms with van der Waals surface area (Å²) in [7, 11) is 1.66. The number of aryl methyl sites for hydroxylation is 2. The third-order valence-electron chi connectivity index (χ3n) is 9.28. The molecule has 0 saturated carbocycles. The average Bonchev–Trinajstić information content (AvgIpc) is 3.84. The number of fused-ring (bicyclic) bond motifs is 1. The maximum absolute atomic E-state index is 13.4. The van der Waals surface area contributed by atoms with E-state index in [4.69, 9.17) is 14.6 Å². The molecule has 1 unspecified atom stereocenters. The van der Waals surface area contributed by atoms with E-state index in [1.54, 1.807) is 22.9 Å². The largest absolute Gasteiger partial charge is 0.488 e. The summed E-state index contributed by atoms with van der Waals surface area (Å²) in [6.07, 6.45) is 8.44. The van der Waals surface area contributed by atoms with Crippen LogP contribution in [-0.4, -0.2) is 67.9 Å². The molecule has 3 amide bonds. The molecule has 54 heavy (non-hydrogen) atoms. The number of unbranched alkanes of at least 4 members (excludes halogenated alkanes) is 1. The lowest BCUT2D eigenvalue weighted by Gasteiger charge is -2.15. The lowest BCUT2D eigenvalue weighted by atomic mass is 10.1. The van der Waals surface area contributed by atoms with Gasteiger partial charge in [-0.25, -0.2) is 24.4 Å². The van der Waals surface area contributed by atoms with Crippen molar-refractivity contribution < 1.29 is 19.1 Å². The number of methoxy groups -OCH3 is 1. The molecule has 1 aliphatic rings. The predicted molar refractivity (Wildman–Crippen MR) is 209 cm³/mol. The van der Waals surface area contributed by atoms with Crippen molar-refractivity contribution in [3.8, 4) is 11.4 Å². The second-order valence-electron chi connectivity index (χ2n) is 13.3.